The van der Waals surface area contributed by atoms with Gasteiger partial charge in [0.15, 0.2) is 5.78 Å². The molecule has 0 aliphatic carbocycles. The van der Waals surface area contributed by atoms with E-state index in [4.69, 9.17) is 9.47 Å². The first kappa shape index (κ1) is 15.9. The van der Waals surface area contributed by atoms with E-state index in [2.05, 4.69) is 0 Å². The van der Waals surface area contributed by atoms with Crippen molar-refractivity contribution in [3.8, 4) is 11.5 Å². The number of hydrogen-bond acceptors (Lipinski definition) is 3. The summed E-state index contributed by atoms with van der Waals surface area (Å²) in [5, 5.41) is 1.35. The van der Waals surface area contributed by atoms with Gasteiger partial charge in [-0.2, -0.15) is 0 Å². The first-order valence-corrected chi connectivity index (χ1v) is 7.19. The molecule has 5 heteroatoms. The van der Waals surface area contributed by atoms with Crippen LogP contribution in [0.2, 0.25) is 0 Å². The Hall–Kier alpha value is -2.95. The Morgan fingerprint density at radius 1 is 0.917 bits per heavy atom. The van der Waals surface area contributed by atoms with Gasteiger partial charge in [0, 0.05) is 6.07 Å². The van der Waals surface area contributed by atoms with Crippen molar-refractivity contribution in [2.45, 2.75) is 0 Å². The first-order valence-electron chi connectivity index (χ1n) is 7.19. The Balaban J connectivity index is 2.24. The highest BCUT2D eigenvalue weighted by Crippen LogP contribution is 2.32. The molecule has 0 heterocycles. The fourth-order valence-electron chi connectivity index (χ4n) is 2.63. The van der Waals surface area contributed by atoms with Gasteiger partial charge < -0.3 is 9.47 Å². The van der Waals surface area contributed by atoms with Gasteiger partial charge in [0.1, 0.15) is 23.1 Å². The van der Waals surface area contributed by atoms with Crippen LogP contribution >= 0.6 is 0 Å². The van der Waals surface area contributed by atoms with Crippen molar-refractivity contribution >= 4 is 16.6 Å². The number of halogens is 2. The summed E-state index contributed by atoms with van der Waals surface area (Å²) in [6.07, 6.45) is 0. The summed E-state index contributed by atoms with van der Waals surface area (Å²) in [7, 11) is 2.98. The standard InChI is InChI=1S/C19H14F2O3/c1-23-13-5-7-14-11(9-13)3-8-17(24-2)18(14)19(22)15-6-4-12(20)10-16(15)21/h3-10H,1-2H3. The van der Waals surface area contributed by atoms with Crippen LogP contribution < -0.4 is 9.47 Å². The van der Waals surface area contributed by atoms with E-state index in [1.165, 1.54) is 7.11 Å². The third-order valence-electron chi connectivity index (χ3n) is 3.81. The van der Waals surface area contributed by atoms with Crippen LogP contribution in [0, 0.1) is 11.6 Å². The third-order valence-corrected chi connectivity index (χ3v) is 3.81. The van der Waals surface area contributed by atoms with Gasteiger partial charge in [-0.05, 0) is 47.2 Å². The minimum absolute atomic E-state index is 0.210. The molecule has 0 spiro atoms. The highest BCUT2D eigenvalue weighted by Gasteiger charge is 2.21. The van der Waals surface area contributed by atoms with Crippen molar-refractivity contribution in [2.75, 3.05) is 14.2 Å². The van der Waals surface area contributed by atoms with Crippen molar-refractivity contribution < 1.29 is 23.0 Å². The second-order valence-corrected chi connectivity index (χ2v) is 5.18. The summed E-state index contributed by atoms with van der Waals surface area (Å²) >= 11 is 0. The Kier molecular flexibility index (Phi) is 4.16. The number of carbonyl (C=O) groups is 1. The molecule has 0 bridgehead atoms. The highest BCUT2D eigenvalue weighted by atomic mass is 19.1. The zero-order chi connectivity index (χ0) is 17.3. The zero-order valence-corrected chi connectivity index (χ0v) is 13.1. The average molecular weight is 328 g/mol. The van der Waals surface area contributed by atoms with Crippen LogP contribution in [0.25, 0.3) is 10.8 Å². The molecule has 0 amide bonds. The predicted molar refractivity (Wildman–Crippen MR) is 86.8 cm³/mol. The number of ether oxygens (including phenoxy) is 2. The molecule has 3 nitrogen and oxygen atoms in total. The number of fused-ring (bicyclic) bond motifs is 1. The minimum atomic E-state index is -0.910. The van der Waals surface area contributed by atoms with Crippen LogP contribution in [0.5, 0.6) is 11.5 Å². The van der Waals surface area contributed by atoms with E-state index in [1.807, 2.05) is 0 Å². The fourth-order valence-corrected chi connectivity index (χ4v) is 2.63. The van der Waals surface area contributed by atoms with Crippen LogP contribution in [-0.2, 0) is 0 Å². The molecule has 3 aromatic rings. The average Bonchev–Trinajstić information content (AvgIpc) is 2.59. The lowest BCUT2D eigenvalue weighted by molar-refractivity contribution is 0.103. The predicted octanol–water partition coefficient (Wildman–Crippen LogP) is 4.37. The normalized spacial score (nSPS) is 10.7. The fraction of sp³-hybridized carbons (Fsp3) is 0.105. The molecule has 0 aromatic heterocycles. The summed E-state index contributed by atoms with van der Waals surface area (Å²) < 4.78 is 37.6. The van der Waals surface area contributed by atoms with Gasteiger partial charge in [0.25, 0.3) is 0 Å². The number of benzene rings is 3. The molecule has 3 aromatic carbocycles. The van der Waals surface area contributed by atoms with Crippen molar-refractivity contribution in [1.29, 1.82) is 0 Å². The lowest BCUT2D eigenvalue weighted by atomic mass is 9.95. The lowest BCUT2D eigenvalue weighted by Gasteiger charge is -2.12. The SMILES string of the molecule is COc1ccc2c(C(=O)c3ccc(F)cc3F)c(OC)ccc2c1. The van der Waals surface area contributed by atoms with Crippen LogP contribution in [0.1, 0.15) is 15.9 Å². The lowest BCUT2D eigenvalue weighted by Crippen LogP contribution is -2.07. The Morgan fingerprint density at radius 3 is 2.38 bits per heavy atom. The smallest absolute Gasteiger partial charge is 0.200 e. The van der Waals surface area contributed by atoms with E-state index < -0.39 is 17.4 Å². The number of rotatable bonds is 4. The van der Waals surface area contributed by atoms with Crippen molar-refractivity contribution in [3.63, 3.8) is 0 Å². The second kappa shape index (κ2) is 6.28. The number of carbonyl (C=O) groups excluding carboxylic acids is 1. The maximum atomic E-state index is 14.0. The summed E-state index contributed by atoms with van der Waals surface area (Å²) in [4.78, 5) is 12.9. The van der Waals surface area contributed by atoms with E-state index in [9.17, 15) is 13.6 Å². The second-order valence-electron chi connectivity index (χ2n) is 5.18. The van der Waals surface area contributed by atoms with Gasteiger partial charge in [-0.25, -0.2) is 8.78 Å². The Morgan fingerprint density at radius 2 is 1.71 bits per heavy atom. The van der Waals surface area contributed by atoms with Crippen molar-refractivity contribution in [3.05, 3.63) is 71.3 Å². The maximum Gasteiger partial charge on any atom is 0.200 e. The van der Waals surface area contributed by atoms with E-state index in [0.717, 1.165) is 17.5 Å². The van der Waals surface area contributed by atoms with Crippen LogP contribution in [-0.4, -0.2) is 20.0 Å². The van der Waals surface area contributed by atoms with Gasteiger partial charge in [-0.15, -0.1) is 0 Å². The molecule has 3 rings (SSSR count). The van der Waals surface area contributed by atoms with Crippen LogP contribution in [0.3, 0.4) is 0 Å². The van der Waals surface area contributed by atoms with Crippen LogP contribution in [0.15, 0.2) is 48.5 Å². The molecular formula is C19H14F2O3. The van der Waals surface area contributed by atoms with E-state index in [1.54, 1.807) is 37.4 Å². The summed E-state index contributed by atoms with van der Waals surface area (Å²) in [6.45, 7) is 0. The monoisotopic (exact) mass is 328 g/mol. The molecule has 24 heavy (non-hydrogen) atoms. The number of ketones is 1. The van der Waals surface area contributed by atoms with Gasteiger partial charge in [0.2, 0.25) is 0 Å². The van der Waals surface area contributed by atoms with E-state index >= 15 is 0 Å². The number of methoxy groups -OCH3 is 2. The van der Waals surface area contributed by atoms with Gasteiger partial charge >= 0.3 is 0 Å². The molecule has 0 atom stereocenters. The zero-order valence-electron chi connectivity index (χ0n) is 13.1. The topological polar surface area (TPSA) is 35.5 Å². The quantitative estimate of drug-likeness (QED) is 0.667. The largest absolute Gasteiger partial charge is 0.497 e. The van der Waals surface area contributed by atoms with E-state index in [-0.39, 0.29) is 11.1 Å². The van der Waals surface area contributed by atoms with Crippen molar-refractivity contribution in [2.24, 2.45) is 0 Å². The molecule has 0 fully saturated rings. The van der Waals surface area contributed by atoms with Crippen molar-refractivity contribution in [1.82, 2.24) is 0 Å². The molecule has 0 saturated heterocycles. The molecule has 0 radical (unpaired) electrons. The number of hydrogen-bond donors (Lipinski definition) is 0. The maximum absolute atomic E-state index is 14.0. The van der Waals surface area contributed by atoms with Crippen LogP contribution in [0.4, 0.5) is 8.78 Å². The molecule has 0 aliphatic heterocycles. The Labute approximate surface area is 137 Å². The molecule has 0 saturated carbocycles. The Bertz CT molecular complexity index is 935. The molecule has 0 N–H and O–H groups in total. The highest BCUT2D eigenvalue weighted by molar-refractivity contribution is 6.18. The summed E-state index contributed by atoms with van der Waals surface area (Å²) in [6, 6.07) is 11.5. The molecular weight excluding hydrogens is 314 g/mol. The van der Waals surface area contributed by atoms with Gasteiger partial charge in [-0.1, -0.05) is 6.07 Å². The van der Waals surface area contributed by atoms with Gasteiger partial charge in [0.05, 0.1) is 25.3 Å². The minimum Gasteiger partial charge on any atom is -0.497 e. The molecule has 122 valence electrons. The first-order chi connectivity index (χ1) is 11.5. The van der Waals surface area contributed by atoms with Gasteiger partial charge in [-0.3, -0.25) is 4.79 Å². The molecule has 0 unspecified atom stereocenters. The summed E-state index contributed by atoms with van der Waals surface area (Å²) in [5.41, 5.74) is 0.0150. The molecule has 0 aliphatic rings. The summed E-state index contributed by atoms with van der Waals surface area (Å²) in [5.74, 6) is -1.26. The third kappa shape index (κ3) is 2.69. The van der Waals surface area contributed by atoms with E-state index in [0.29, 0.717) is 23.0 Å².